The average Bonchev–Trinajstić information content (AvgIpc) is 3.31. The number of amides is 1. The molecular formula is C22H35NO4. The standard InChI is InChI=1S/C22H35NO4/c24-19(16-8-4-3-5-9-16)13-12-18-17(20-14-15-21(18)27-20)10-6-1-2-7-11-22(25)23-26/h1,6,12-13,16-21,24,26H,2-5,7-11,14-15H2,(H,23,25)/b6-1-,13-12+/t17-,18+,19?,20-,21+/m0/s1. The van der Waals surface area contributed by atoms with Crippen molar-refractivity contribution in [3.63, 3.8) is 0 Å². The maximum Gasteiger partial charge on any atom is 0.243 e. The van der Waals surface area contributed by atoms with Gasteiger partial charge in [0.15, 0.2) is 0 Å². The van der Waals surface area contributed by atoms with Crippen LogP contribution >= 0.6 is 0 Å². The van der Waals surface area contributed by atoms with E-state index in [-0.39, 0.29) is 12.0 Å². The van der Waals surface area contributed by atoms with E-state index in [4.69, 9.17) is 9.94 Å². The Bertz CT molecular complexity index is 526. The molecule has 2 aliphatic heterocycles. The van der Waals surface area contributed by atoms with Crippen LogP contribution in [0.25, 0.3) is 0 Å². The third-order valence-electron chi connectivity index (χ3n) is 6.62. The number of hydrogen-bond acceptors (Lipinski definition) is 4. The van der Waals surface area contributed by atoms with E-state index in [9.17, 15) is 9.90 Å². The van der Waals surface area contributed by atoms with Gasteiger partial charge in [0, 0.05) is 12.3 Å². The lowest BCUT2D eigenvalue weighted by molar-refractivity contribution is -0.129. The molecule has 0 radical (unpaired) electrons. The van der Waals surface area contributed by atoms with E-state index in [2.05, 4.69) is 24.3 Å². The Morgan fingerprint density at radius 2 is 1.89 bits per heavy atom. The lowest BCUT2D eigenvalue weighted by Gasteiger charge is -2.27. The number of unbranched alkanes of at least 4 members (excludes halogenated alkanes) is 1. The number of carbonyl (C=O) groups excluding carboxylic acids is 1. The summed E-state index contributed by atoms with van der Waals surface area (Å²) in [5.41, 5.74) is 1.66. The van der Waals surface area contributed by atoms with Gasteiger partial charge in [0.2, 0.25) is 5.91 Å². The number of hydroxylamine groups is 1. The van der Waals surface area contributed by atoms with Crippen molar-refractivity contribution in [3.05, 3.63) is 24.3 Å². The summed E-state index contributed by atoms with van der Waals surface area (Å²) in [6.45, 7) is 0. The van der Waals surface area contributed by atoms with Crippen molar-refractivity contribution in [2.45, 2.75) is 88.9 Å². The summed E-state index contributed by atoms with van der Waals surface area (Å²) < 4.78 is 6.15. The van der Waals surface area contributed by atoms with Crippen LogP contribution in [0, 0.1) is 17.8 Å². The van der Waals surface area contributed by atoms with Crippen molar-refractivity contribution in [2.75, 3.05) is 0 Å². The summed E-state index contributed by atoms with van der Waals surface area (Å²) in [4.78, 5) is 11.0. The number of rotatable bonds is 9. The smallest absolute Gasteiger partial charge is 0.243 e. The molecule has 1 unspecified atom stereocenters. The van der Waals surface area contributed by atoms with Gasteiger partial charge in [-0.1, -0.05) is 43.6 Å². The first kappa shape index (κ1) is 20.6. The van der Waals surface area contributed by atoms with Crippen LogP contribution in [0.4, 0.5) is 0 Å². The van der Waals surface area contributed by atoms with Crippen molar-refractivity contribution in [1.29, 1.82) is 0 Å². The quantitative estimate of drug-likeness (QED) is 0.246. The molecule has 2 bridgehead atoms. The van der Waals surface area contributed by atoms with Gasteiger partial charge in [0.25, 0.3) is 0 Å². The highest BCUT2D eigenvalue weighted by molar-refractivity contribution is 5.74. The highest BCUT2D eigenvalue weighted by atomic mass is 16.5. The van der Waals surface area contributed by atoms with Crippen molar-refractivity contribution in [3.8, 4) is 0 Å². The van der Waals surface area contributed by atoms with Gasteiger partial charge in [-0.15, -0.1) is 0 Å². The molecule has 2 heterocycles. The third kappa shape index (κ3) is 5.66. The molecule has 2 saturated heterocycles. The predicted octanol–water partition coefficient (Wildman–Crippen LogP) is 3.90. The second kappa shape index (κ2) is 10.4. The Morgan fingerprint density at radius 3 is 2.67 bits per heavy atom. The SMILES string of the molecule is O=C(CCC/C=C\C[C@H]1[C@@H](/C=C/C(O)C2CCCCC2)[C@H]2CC[C@@H]1O2)NO. The molecule has 5 atom stereocenters. The molecule has 1 amide bonds. The number of nitrogens with one attached hydrogen (secondary N) is 1. The Balaban J connectivity index is 1.47. The first-order chi connectivity index (χ1) is 13.2. The zero-order valence-electron chi connectivity index (χ0n) is 16.3. The van der Waals surface area contributed by atoms with Crippen molar-refractivity contribution >= 4 is 5.91 Å². The molecule has 3 N–H and O–H groups in total. The second-order valence-electron chi connectivity index (χ2n) is 8.44. The molecule has 1 aliphatic carbocycles. The molecule has 3 aliphatic rings. The van der Waals surface area contributed by atoms with E-state index in [1.807, 2.05) is 0 Å². The number of carbonyl (C=O) groups is 1. The fourth-order valence-electron chi connectivity index (χ4n) is 5.07. The van der Waals surface area contributed by atoms with Crippen LogP contribution in [0.5, 0.6) is 0 Å². The fraction of sp³-hybridized carbons (Fsp3) is 0.773. The highest BCUT2D eigenvalue weighted by Crippen LogP contribution is 2.46. The van der Waals surface area contributed by atoms with Gasteiger partial charge in [-0.3, -0.25) is 10.0 Å². The van der Waals surface area contributed by atoms with Gasteiger partial charge in [0.05, 0.1) is 18.3 Å². The number of fused-ring (bicyclic) bond motifs is 2. The number of aliphatic hydroxyl groups excluding tert-OH is 1. The van der Waals surface area contributed by atoms with Crippen LogP contribution in [0.1, 0.15) is 70.6 Å². The molecule has 5 nitrogen and oxygen atoms in total. The maximum absolute atomic E-state index is 11.0. The Kier molecular flexibility index (Phi) is 7.92. The lowest BCUT2D eigenvalue weighted by Crippen LogP contribution is -2.26. The van der Waals surface area contributed by atoms with E-state index in [0.717, 1.165) is 44.9 Å². The van der Waals surface area contributed by atoms with Crippen LogP contribution in [0.15, 0.2) is 24.3 Å². The zero-order valence-corrected chi connectivity index (χ0v) is 16.3. The molecule has 152 valence electrons. The summed E-state index contributed by atoms with van der Waals surface area (Å²) in [5.74, 6) is 1.01. The molecule has 0 aromatic rings. The molecule has 0 spiro atoms. The van der Waals surface area contributed by atoms with E-state index in [1.165, 1.54) is 19.3 Å². The maximum atomic E-state index is 11.0. The monoisotopic (exact) mass is 377 g/mol. The lowest BCUT2D eigenvalue weighted by atomic mass is 9.76. The molecule has 3 fully saturated rings. The number of hydrogen-bond donors (Lipinski definition) is 3. The number of allylic oxidation sites excluding steroid dienone is 2. The van der Waals surface area contributed by atoms with E-state index in [1.54, 1.807) is 5.48 Å². The van der Waals surface area contributed by atoms with Crippen molar-refractivity contribution in [2.24, 2.45) is 17.8 Å². The fourth-order valence-corrected chi connectivity index (χ4v) is 5.07. The minimum Gasteiger partial charge on any atom is -0.389 e. The topological polar surface area (TPSA) is 78.8 Å². The molecule has 3 rings (SSSR count). The van der Waals surface area contributed by atoms with Gasteiger partial charge in [-0.05, 0) is 56.8 Å². The minimum absolute atomic E-state index is 0.307. The molecular weight excluding hydrogens is 342 g/mol. The number of aliphatic hydroxyl groups is 1. The molecule has 0 aromatic carbocycles. The molecule has 27 heavy (non-hydrogen) atoms. The van der Waals surface area contributed by atoms with E-state index >= 15 is 0 Å². The van der Waals surface area contributed by atoms with Crippen LogP contribution in [0.3, 0.4) is 0 Å². The molecule has 1 saturated carbocycles. The van der Waals surface area contributed by atoms with Gasteiger partial charge in [-0.25, -0.2) is 5.48 Å². The van der Waals surface area contributed by atoms with Crippen molar-refractivity contribution in [1.82, 2.24) is 5.48 Å². The first-order valence-electron chi connectivity index (χ1n) is 10.8. The van der Waals surface area contributed by atoms with E-state index < -0.39 is 0 Å². The minimum atomic E-state index is -0.327. The average molecular weight is 378 g/mol. The van der Waals surface area contributed by atoms with Crippen LogP contribution in [0.2, 0.25) is 0 Å². The van der Waals surface area contributed by atoms with Gasteiger partial charge in [0.1, 0.15) is 0 Å². The van der Waals surface area contributed by atoms with Gasteiger partial charge < -0.3 is 9.84 Å². The largest absolute Gasteiger partial charge is 0.389 e. The van der Waals surface area contributed by atoms with Crippen molar-refractivity contribution < 1.29 is 19.8 Å². The van der Waals surface area contributed by atoms with Crippen LogP contribution < -0.4 is 5.48 Å². The summed E-state index contributed by atoms with van der Waals surface area (Å²) in [7, 11) is 0. The van der Waals surface area contributed by atoms with E-state index in [0.29, 0.717) is 36.4 Å². The summed E-state index contributed by atoms with van der Waals surface area (Å²) in [6.07, 6.45) is 20.3. The summed E-state index contributed by atoms with van der Waals surface area (Å²) in [6, 6.07) is 0. The second-order valence-corrected chi connectivity index (χ2v) is 8.44. The Hall–Kier alpha value is -1.17. The van der Waals surface area contributed by atoms with Crippen LogP contribution in [-0.2, 0) is 9.53 Å². The zero-order chi connectivity index (χ0) is 19.1. The normalized spacial score (nSPS) is 32.5. The van der Waals surface area contributed by atoms with Gasteiger partial charge in [-0.2, -0.15) is 0 Å². The summed E-state index contributed by atoms with van der Waals surface area (Å²) >= 11 is 0. The molecule has 0 aromatic heterocycles. The van der Waals surface area contributed by atoms with Crippen LogP contribution in [-0.4, -0.2) is 34.5 Å². The third-order valence-corrected chi connectivity index (χ3v) is 6.62. The predicted molar refractivity (Wildman–Crippen MR) is 104 cm³/mol. The summed E-state index contributed by atoms with van der Waals surface area (Å²) in [5, 5.41) is 19.0. The van der Waals surface area contributed by atoms with Gasteiger partial charge >= 0.3 is 0 Å². The Morgan fingerprint density at radius 1 is 1.11 bits per heavy atom. The molecule has 5 heteroatoms. The first-order valence-corrected chi connectivity index (χ1v) is 10.8. The highest BCUT2D eigenvalue weighted by Gasteiger charge is 2.46. The Labute approximate surface area is 162 Å². The number of ether oxygens (including phenoxy) is 1.